The first kappa shape index (κ1) is 15.3. The molecule has 2 aromatic carbocycles. The lowest BCUT2D eigenvalue weighted by Crippen LogP contribution is -2.25. The molecule has 6 heteroatoms. The molecule has 0 radical (unpaired) electrons. The van der Waals surface area contributed by atoms with Crippen molar-refractivity contribution < 1.29 is 9.53 Å². The van der Waals surface area contributed by atoms with E-state index in [1.165, 1.54) is 11.9 Å². The Morgan fingerprint density at radius 3 is 2.73 bits per heavy atom. The van der Waals surface area contributed by atoms with Gasteiger partial charge in [-0.1, -0.05) is 35.9 Å². The molecule has 0 unspecified atom stereocenters. The molecule has 3 rings (SSSR count). The van der Waals surface area contributed by atoms with E-state index in [4.69, 9.17) is 16.3 Å². The molecule has 1 aliphatic rings. The monoisotopic (exact) mass is 426 g/mol. The third-order valence-electron chi connectivity index (χ3n) is 3.20. The fourth-order valence-corrected chi connectivity index (χ4v) is 2.97. The summed E-state index contributed by atoms with van der Waals surface area (Å²) in [5.74, 6) is 0.163. The van der Waals surface area contributed by atoms with Gasteiger partial charge in [0.25, 0.3) is 0 Å². The highest BCUT2D eigenvalue weighted by molar-refractivity contribution is 14.1. The standard InChI is InChI=1S/C16H12ClIN2O2/c1-10(21)20-16(11-5-4-6-12(18)9-11)22-15(19-20)13-7-2-3-8-14(13)17/h2-9,16H,1H3/t16-/m0/s1. The molecular weight excluding hydrogens is 415 g/mol. The van der Waals surface area contributed by atoms with Crippen molar-refractivity contribution in [3.05, 3.63) is 68.3 Å². The molecule has 0 saturated heterocycles. The minimum Gasteiger partial charge on any atom is -0.446 e. The smallest absolute Gasteiger partial charge is 0.243 e. The molecule has 0 saturated carbocycles. The maximum absolute atomic E-state index is 11.9. The second-order valence-corrected chi connectivity index (χ2v) is 6.43. The van der Waals surface area contributed by atoms with Crippen LogP contribution in [0.4, 0.5) is 0 Å². The van der Waals surface area contributed by atoms with Crippen molar-refractivity contribution in [2.24, 2.45) is 5.10 Å². The third kappa shape index (κ3) is 2.96. The maximum atomic E-state index is 11.9. The topological polar surface area (TPSA) is 41.9 Å². The number of rotatable bonds is 2. The lowest BCUT2D eigenvalue weighted by molar-refractivity contribution is -0.135. The number of carbonyl (C=O) groups excluding carboxylic acids is 1. The molecule has 4 nitrogen and oxygen atoms in total. The van der Waals surface area contributed by atoms with Gasteiger partial charge in [0.15, 0.2) is 0 Å². The van der Waals surface area contributed by atoms with Crippen LogP contribution in [0.2, 0.25) is 5.02 Å². The predicted octanol–water partition coefficient (Wildman–Crippen LogP) is 4.18. The third-order valence-corrected chi connectivity index (χ3v) is 4.21. The first-order valence-corrected chi connectivity index (χ1v) is 8.07. The van der Waals surface area contributed by atoms with Crippen LogP contribution in [0.3, 0.4) is 0 Å². The molecule has 1 heterocycles. The summed E-state index contributed by atoms with van der Waals surface area (Å²) in [7, 11) is 0. The van der Waals surface area contributed by atoms with Gasteiger partial charge in [0, 0.05) is 16.1 Å². The van der Waals surface area contributed by atoms with Gasteiger partial charge in [0.1, 0.15) is 0 Å². The van der Waals surface area contributed by atoms with Crippen LogP contribution < -0.4 is 0 Å². The minimum atomic E-state index is -0.571. The van der Waals surface area contributed by atoms with E-state index in [-0.39, 0.29) is 5.91 Å². The van der Waals surface area contributed by atoms with E-state index < -0.39 is 6.23 Å². The van der Waals surface area contributed by atoms with Crippen LogP contribution in [0.25, 0.3) is 0 Å². The average Bonchev–Trinajstić information content (AvgIpc) is 2.93. The van der Waals surface area contributed by atoms with Crippen molar-refractivity contribution in [2.45, 2.75) is 13.2 Å². The quantitative estimate of drug-likeness (QED) is 0.676. The van der Waals surface area contributed by atoms with Gasteiger partial charge in [-0.2, -0.15) is 5.01 Å². The Labute approximate surface area is 146 Å². The number of hydrogen-bond acceptors (Lipinski definition) is 3. The van der Waals surface area contributed by atoms with Crippen molar-refractivity contribution in [1.29, 1.82) is 0 Å². The number of halogens is 2. The van der Waals surface area contributed by atoms with E-state index >= 15 is 0 Å². The largest absolute Gasteiger partial charge is 0.446 e. The van der Waals surface area contributed by atoms with Gasteiger partial charge in [-0.15, -0.1) is 5.10 Å². The Hall–Kier alpha value is -1.60. The van der Waals surface area contributed by atoms with Crippen molar-refractivity contribution in [2.75, 3.05) is 0 Å². The summed E-state index contributed by atoms with van der Waals surface area (Å²) in [4.78, 5) is 11.9. The summed E-state index contributed by atoms with van der Waals surface area (Å²) in [6.07, 6.45) is -0.571. The SMILES string of the molecule is CC(=O)N1N=C(c2ccccc2Cl)O[C@H]1c1cccc(I)c1. The zero-order valence-corrected chi connectivity index (χ0v) is 14.6. The molecule has 1 aliphatic heterocycles. The maximum Gasteiger partial charge on any atom is 0.243 e. The average molecular weight is 427 g/mol. The van der Waals surface area contributed by atoms with E-state index in [0.717, 1.165) is 9.13 Å². The molecule has 0 aliphatic carbocycles. The molecule has 0 N–H and O–H groups in total. The van der Waals surface area contributed by atoms with Gasteiger partial charge in [-0.3, -0.25) is 4.79 Å². The highest BCUT2D eigenvalue weighted by Crippen LogP contribution is 2.32. The number of nitrogens with zero attached hydrogens (tertiary/aromatic N) is 2. The summed E-state index contributed by atoms with van der Waals surface area (Å²) in [6.45, 7) is 1.46. The highest BCUT2D eigenvalue weighted by atomic mass is 127. The molecule has 0 fully saturated rings. The fraction of sp³-hybridized carbons (Fsp3) is 0.125. The Balaban J connectivity index is 1.99. The van der Waals surface area contributed by atoms with Gasteiger partial charge < -0.3 is 4.74 Å². The Bertz CT molecular complexity index is 763. The lowest BCUT2D eigenvalue weighted by Gasteiger charge is -2.19. The molecule has 0 spiro atoms. The predicted molar refractivity (Wildman–Crippen MR) is 93.5 cm³/mol. The van der Waals surface area contributed by atoms with Gasteiger partial charge in [0.05, 0.1) is 10.6 Å². The summed E-state index contributed by atoms with van der Waals surface area (Å²) >= 11 is 8.41. The Kier molecular flexibility index (Phi) is 4.35. The van der Waals surface area contributed by atoms with Gasteiger partial charge in [-0.05, 0) is 46.9 Å². The summed E-state index contributed by atoms with van der Waals surface area (Å²) in [5, 5.41) is 6.17. The van der Waals surface area contributed by atoms with Crippen molar-refractivity contribution in [3.63, 3.8) is 0 Å². The number of ether oxygens (including phenoxy) is 1. The van der Waals surface area contributed by atoms with Gasteiger partial charge >= 0.3 is 0 Å². The minimum absolute atomic E-state index is 0.189. The number of amides is 1. The highest BCUT2D eigenvalue weighted by Gasteiger charge is 2.33. The van der Waals surface area contributed by atoms with Crippen LogP contribution >= 0.6 is 34.2 Å². The van der Waals surface area contributed by atoms with Crippen LogP contribution in [0.1, 0.15) is 24.3 Å². The Morgan fingerprint density at radius 1 is 1.27 bits per heavy atom. The molecule has 2 aromatic rings. The Morgan fingerprint density at radius 2 is 2.05 bits per heavy atom. The van der Waals surface area contributed by atoms with Crippen LogP contribution in [0.15, 0.2) is 53.6 Å². The number of benzene rings is 2. The van der Waals surface area contributed by atoms with Crippen LogP contribution in [0, 0.1) is 3.57 Å². The zero-order valence-electron chi connectivity index (χ0n) is 11.7. The number of hydrazone groups is 1. The number of carbonyl (C=O) groups is 1. The molecular formula is C16H12ClIN2O2. The van der Waals surface area contributed by atoms with Gasteiger partial charge in [0.2, 0.25) is 18.0 Å². The summed E-state index contributed by atoms with van der Waals surface area (Å²) in [6, 6.07) is 15.0. The van der Waals surface area contributed by atoms with Gasteiger partial charge in [-0.25, -0.2) is 0 Å². The second-order valence-electron chi connectivity index (χ2n) is 4.77. The lowest BCUT2D eigenvalue weighted by atomic mass is 10.2. The molecule has 1 atom stereocenters. The van der Waals surface area contributed by atoms with E-state index in [0.29, 0.717) is 16.5 Å². The van der Waals surface area contributed by atoms with E-state index in [9.17, 15) is 4.79 Å². The normalized spacial score (nSPS) is 17.1. The summed E-state index contributed by atoms with van der Waals surface area (Å²) < 4.78 is 6.97. The van der Waals surface area contributed by atoms with Crippen LogP contribution in [0.5, 0.6) is 0 Å². The summed E-state index contributed by atoms with van der Waals surface area (Å²) in [5.41, 5.74) is 1.54. The number of hydrogen-bond donors (Lipinski definition) is 0. The van der Waals surface area contributed by atoms with Crippen molar-refractivity contribution >= 4 is 46.0 Å². The van der Waals surface area contributed by atoms with E-state index in [1.807, 2.05) is 42.5 Å². The van der Waals surface area contributed by atoms with Crippen LogP contribution in [-0.4, -0.2) is 16.8 Å². The zero-order chi connectivity index (χ0) is 15.7. The first-order valence-electron chi connectivity index (χ1n) is 6.61. The van der Waals surface area contributed by atoms with E-state index in [2.05, 4.69) is 27.7 Å². The molecule has 22 heavy (non-hydrogen) atoms. The first-order chi connectivity index (χ1) is 10.6. The van der Waals surface area contributed by atoms with Crippen molar-refractivity contribution in [1.82, 2.24) is 5.01 Å². The van der Waals surface area contributed by atoms with E-state index in [1.54, 1.807) is 6.07 Å². The van der Waals surface area contributed by atoms with Crippen LogP contribution in [-0.2, 0) is 9.53 Å². The second kappa shape index (κ2) is 6.26. The molecule has 0 aromatic heterocycles. The van der Waals surface area contributed by atoms with Crippen molar-refractivity contribution in [3.8, 4) is 0 Å². The molecule has 1 amide bonds. The molecule has 0 bridgehead atoms. The molecule has 112 valence electrons. The fourth-order valence-electron chi connectivity index (χ4n) is 2.19.